The first kappa shape index (κ1) is 13.6. The molecule has 0 radical (unpaired) electrons. The van der Waals surface area contributed by atoms with Gasteiger partial charge in [0.05, 0.1) is 4.92 Å². The Morgan fingerprint density at radius 2 is 1.82 bits per heavy atom. The lowest BCUT2D eigenvalue weighted by molar-refractivity contribution is -0.384. The predicted octanol–water partition coefficient (Wildman–Crippen LogP) is 0.875. The van der Waals surface area contributed by atoms with Crippen molar-refractivity contribution in [1.82, 2.24) is 0 Å². The highest BCUT2D eigenvalue weighted by atomic mass is 32.2. The van der Waals surface area contributed by atoms with E-state index in [2.05, 4.69) is 4.18 Å². The van der Waals surface area contributed by atoms with Crippen LogP contribution in [0.5, 0.6) is 5.75 Å². The van der Waals surface area contributed by atoms with Crippen molar-refractivity contribution >= 4 is 17.0 Å². The number of nitrogens with zero attached hydrogens (tertiary/aromatic N) is 1. The maximum Gasteiger partial charge on any atom is 0.269 e. The van der Waals surface area contributed by atoms with Crippen LogP contribution in [0, 0.1) is 10.1 Å². The molecule has 2 N–H and O–H groups in total. The maximum atomic E-state index is 10.2. The van der Waals surface area contributed by atoms with E-state index in [1.54, 1.807) is 0 Å². The van der Waals surface area contributed by atoms with Crippen LogP contribution < -0.4 is 9.92 Å². The largest absolute Gasteiger partial charge is 0.740 e. The Morgan fingerprint density at radius 1 is 1.35 bits per heavy atom. The van der Waals surface area contributed by atoms with E-state index in [1.165, 1.54) is 25.0 Å². The second-order valence-corrected chi connectivity index (χ2v) is 3.95. The average molecular weight is 259 g/mol. The van der Waals surface area contributed by atoms with Gasteiger partial charge in [0.1, 0.15) is 17.1 Å². The molecule has 0 amide bonds. The first-order chi connectivity index (χ1) is 7.99. The molecule has 7 nitrogen and oxygen atoms in total. The van der Waals surface area contributed by atoms with Crippen LogP contribution in [0.4, 0.5) is 5.69 Å². The summed E-state index contributed by atoms with van der Waals surface area (Å²) in [6.45, 7) is 0. The van der Waals surface area contributed by atoms with Crippen LogP contribution in [0.15, 0.2) is 24.3 Å². The van der Waals surface area contributed by atoms with Crippen molar-refractivity contribution in [2.75, 3.05) is 0 Å². The van der Waals surface area contributed by atoms with E-state index in [0.29, 0.717) is 6.04 Å². The van der Waals surface area contributed by atoms with E-state index in [0.717, 1.165) is 12.1 Å². The van der Waals surface area contributed by atoms with Gasteiger partial charge in [-0.15, -0.1) is 0 Å². The molecule has 1 aliphatic rings. The highest BCUT2D eigenvalue weighted by Gasteiger charge is 2.13. The van der Waals surface area contributed by atoms with Gasteiger partial charge < -0.3 is 14.5 Å². The summed E-state index contributed by atoms with van der Waals surface area (Å²) in [6, 6.07) is 5.30. The lowest BCUT2D eigenvalue weighted by Gasteiger charge is -2.05. The van der Waals surface area contributed by atoms with E-state index in [9.17, 15) is 18.9 Å². The van der Waals surface area contributed by atoms with Crippen LogP contribution in [-0.4, -0.2) is 19.7 Å². The average Bonchev–Trinajstić information content (AvgIpc) is 3.01. The van der Waals surface area contributed by atoms with Crippen molar-refractivity contribution in [2.24, 2.45) is 5.73 Å². The van der Waals surface area contributed by atoms with Crippen molar-refractivity contribution in [3.05, 3.63) is 34.4 Å². The lowest BCUT2D eigenvalue weighted by Crippen LogP contribution is -1.97. The molecule has 2 rings (SSSR count). The SMILES string of the molecule is NC1CC1.O=[N+]([O-])c1ccc(OS(=O)[O-])cc1. The number of nitro groups is 1. The molecule has 94 valence electrons. The Morgan fingerprint density at radius 3 is 2.12 bits per heavy atom. The van der Waals surface area contributed by atoms with E-state index in [1.807, 2.05) is 0 Å². The van der Waals surface area contributed by atoms with Crippen LogP contribution in [-0.2, 0) is 11.4 Å². The zero-order valence-corrected chi connectivity index (χ0v) is 9.59. The van der Waals surface area contributed by atoms with Crippen LogP contribution in [0.1, 0.15) is 12.8 Å². The Bertz CT molecular complexity index is 404. The predicted molar refractivity (Wildman–Crippen MR) is 59.9 cm³/mol. The van der Waals surface area contributed by atoms with Crippen LogP contribution in [0.2, 0.25) is 0 Å². The van der Waals surface area contributed by atoms with Crippen LogP contribution in [0.3, 0.4) is 0 Å². The number of rotatable bonds is 3. The minimum Gasteiger partial charge on any atom is -0.740 e. The molecule has 1 fully saturated rings. The number of hydrogen-bond donors (Lipinski definition) is 1. The Balaban J connectivity index is 0.000000302. The van der Waals surface area contributed by atoms with E-state index < -0.39 is 16.3 Å². The number of non-ortho nitro benzene ring substituents is 1. The fraction of sp³-hybridized carbons (Fsp3) is 0.333. The van der Waals surface area contributed by atoms with Gasteiger partial charge in [0.25, 0.3) is 5.69 Å². The minimum atomic E-state index is -2.65. The van der Waals surface area contributed by atoms with Crippen molar-refractivity contribution < 1.29 is 17.9 Å². The Kier molecular flexibility index (Phi) is 5.01. The number of hydrogen-bond acceptors (Lipinski definition) is 6. The van der Waals surface area contributed by atoms with E-state index in [4.69, 9.17) is 5.73 Å². The van der Waals surface area contributed by atoms with Crippen LogP contribution >= 0.6 is 0 Å². The highest BCUT2D eigenvalue weighted by molar-refractivity contribution is 7.74. The summed E-state index contributed by atoms with van der Waals surface area (Å²) in [7, 11) is 0. The van der Waals surface area contributed by atoms with Gasteiger partial charge in [-0.3, -0.25) is 10.1 Å². The Labute approximate surface area is 100 Å². The zero-order chi connectivity index (χ0) is 12.8. The zero-order valence-electron chi connectivity index (χ0n) is 8.78. The molecular formula is C9H11N2O5S-. The maximum absolute atomic E-state index is 10.2. The molecule has 8 heteroatoms. The number of benzene rings is 1. The molecule has 0 spiro atoms. The van der Waals surface area contributed by atoms with Gasteiger partial charge in [-0.1, -0.05) is 0 Å². The molecule has 1 aromatic carbocycles. The molecule has 0 saturated heterocycles. The summed E-state index contributed by atoms with van der Waals surface area (Å²) in [5.41, 5.74) is 5.10. The van der Waals surface area contributed by atoms with Gasteiger partial charge in [0.15, 0.2) is 0 Å². The summed E-state index contributed by atoms with van der Waals surface area (Å²) < 4.78 is 24.3. The van der Waals surface area contributed by atoms with Crippen molar-refractivity contribution in [3.8, 4) is 5.75 Å². The topological polar surface area (TPSA) is 119 Å². The first-order valence-corrected chi connectivity index (χ1v) is 5.76. The first-order valence-electron chi connectivity index (χ1n) is 4.76. The molecule has 1 aromatic rings. The fourth-order valence-electron chi connectivity index (χ4n) is 0.798. The second-order valence-electron chi connectivity index (χ2n) is 3.38. The quantitative estimate of drug-likeness (QED) is 0.488. The Hall–Kier alpha value is -1.51. The monoisotopic (exact) mass is 259 g/mol. The summed E-state index contributed by atoms with van der Waals surface area (Å²) in [5, 5.41) is 10.2. The van der Waals surface area contributed by atoms with Crippen molar-refractivity contribution in [2.45, 2.75) is 18.9 Å². The molecule has 0 aromatic heterocycles. The van der Waals surface area contributed by atoms with E-state index in [-0.39, 0.29) is 11.4 Å². The highest BCUT2D eigenvalue weighted by Crippen LogP contribution is 2.17. The molecule has 0 bridgehead atoms. The molecule has 0 heterocycles. The third-order valence-corrected chi connectivity index (χ3v) is 2.16. The molecule has 1 aliphatic carbocycles. The standard InChI is InChI=1S/C6H5NO5S.C3H7N/c8-7(9)5-1-3-6(4-2-5)12-13(10)11;4-3-1-2-3/h1-4H,(H,10,11);3H,1-2,4H2/p-1. The van der Waals surface area contributed by atoms with E-state index >= 15 is 0 Å². The molecule has 1 atom stereocenters. The molecule has 0 aliphatic heterocycles. The minimum absolute atomic E-state index is 0.0407. The van der Waals surface area contributed by atoms with Gasteiger partial charge in [-0.25, -0.2) is 4.21 Å². The van der Waals surface area contributed by atoms with Gasteiger partial charge >= 0.3 is 0 Å². The van der Waals surface area contributed by atoms with Crippen molar-refractivity contribution in [3.63, 3.8) is 0 Å². The second kappa shape index (κ2) is 6.28. The van der Waals surface area contributed by atoms with Gasteiger partial charge in [-0.2, -0.15) is 0 Å². The molecule has 17 heavy (non-hydrogen) atoms. The third kappa shape index (κ3) is 5.95. The smallest absolute Gasteiger partial charge is 0.269 e. The third-order valence-electron chi connectivity index (χ3n) is 1.83. The van der Waals surface area contributed by atoms with Gasteiger partial charge in [0, 0.05) is 18.2 Å². The lowest BCUT2D eigenvalue weighted by atomic mass is 10.3. The van der Waals surface area contributed by atoms with Gasteiger partial charge in [-0.05, 0) is 25.0 Å². The summed E-state index contributed by atoms with van der Waals surface area (Å²) in [5.74, 6) is 0.0407. The number of nitro benzene ring substituents is 1. The molecule has 1 saturated carbocycles. The normalized spacial score (nSPS) is 15.4. The van der Waals surface area contributed by atoms with Gasteiger partial charge in [0.2, 0.25) is 0 Å². The summed E-state index contributed by atoms with van der Waals surface area (Å²) >= 11 is -2.65. The fourth-order valence-corrected chi connectivity index (χ4v) is 1.07. The summed E-state index contributed by atoms with van der Waals surface area (Å²) in [6.07, 6.45) is 2.53. The molecular weight excluding hydrogens is 248 g/mol. The molecule has 1 unspecified atom stereocenters. The van der Waals surface area contributed by atoms with Crippen LogP contribution in [0.25, 0.3) is 0 Å². The van der Waals surface area contributed by atoms with Crippen molar-refractivity contribution in [1.29, 1.82) is 0 Å². The number of nitrogens with two attached hydrogens (primary N) is 1. The summed E-state index contributed by atoms with van der Waals surface area (Å²) in [4.78, 5) is 9.59.